The van der Waals surface area contributed by atoms with E-state index in [0.29, 0.717) is 19.3 Å². The molecular weight excluding hydrogens is 202 g/mol. The lowest BCUT2D eigenvalue weighted by atomic mass is 10.1. The monoisotopic (exact) mass is 219 g/mol. The van der Waals surface area contributed by atoms with E-state index < -0.39 is 18.2 Å². The van der Waals surface area contributed by atoms with Gasteiger partial charge in [0.15, 0.2) is 6.10 Å². The molecule has 0 rings (SSSR count). The molecule has 0 aromatic heterocycles. The van der Waals surface area contributed by atoms with Gasteiger partial charge in [-0.15, -0.1) is 0 Å². The standard InChI is InChI=1S/C9H17NO5/c1-2-14-9(13)15-7(8(10)12)5-3-4-6-11/h7,11H,2-6H2,1H3,(H2,10,12). The molecule has 1 amide bonds. The molecule has 6 nitrogen and oxygen atoms in total. The first-order chi connectivity index (χ1) is 7.11. The minimum absolute atomic E-state index is 0.0326. The molecule has 1 unspecified atom stereocenters. The summed E-state index contributed by atoms with van der Waals surface area (Å²) in [5.41, 5.74) is 5.03. The highest BCUT2D eigenvalue weighted by Crippen LogP contribution is 2.05. The van der Waals surface area contributed by atoms with E-state index in [-0.39, 0.29) is 13.2 Å². The van der Waals surface area contributed by atoms with Gasteiger partial charge < -0.3 is 20.3 Å². The van der Waals surface area contributed by atoms with Crippen molar-refractivity contribution in [2.75, 3.05) is 13.2 Å². The number of nitrogens with two attached hydrogens (primary N) is 1. The van der Waals surface area contributed by atoms with E-state index in [1.165, 1.54) is 0 Å². The van der Waals surface area contributed by atoms with Gasteiger partial charge in [0, 0.05) is 6.61 Å². The Bertz CT molecular complexity index is 207. The Morgan fingerprint density at radius 1 is 1.40 bits per heavy atom. The molecule has 0 spiro atoms. The maximum absolute atomic E-state index is 10.9. The normalized spacial score (nSPS) is 11.9. The van der Waals surface area contributed by atoms with Crippen molar-refractivity contribution in [3.8, 4) is 0 Å². The van der Waals surface area contributed by atoms with Gasteiger partial charge in [0.05, 0.1) is 6.61 Å². The SMILES string of the molecule is CCOC(=O)OC(CCCCO)C(N)=O. The maximum Gasteiger partial charge on any atom is 0.509 e. The number of aliphatic hydroxyl groups excluding tert-OH is 1. The summed E-state index contributed by atoms with van der Waals surface area (Å²) in [6, 6.07) is 0. The Balaban J connectivity index is 3.93. The van der Waals surface area contributed by atoms with Crippen molar-refractivity contribution in [3.05, 3.63) is 0 Å². The summed E-state index contributed by atoms with van der Waals surface area (Å²) >= 11 is 0. The second-order valence-electron chi connectivity index (χ2n) is 2.91. The van der Waals surface area contributed by atoms with Crippen LogP contribution in [0.5, 0.6) is 0 Å². The van der Waals surface area contributed by atoms with Crippen molar-refractivity contribution >= 4 is 12.1 Å². The molecule has 0 aliphatic carbocycles. The number of hydrogen-bond acceptors (Lipinski definition) is 5. The number of carbonyl (C=O) groups is 2. The number of carbonyl (C=O) groups excluding carboxylic acids is 2. The number of aliphatic hydroxyl groups is 1. The quantitative estimate of drug-likeness (QED) is 0.470. The highest BCUT2D eigenvalue weighted by molar-refractivity contribution is 5.80. The van der Waals surface area contributed by atoms with Crippen LogP contribution in [0.4, 0.5) is 4.79 Å². The average Bonchev–Trinajstić information content (AvgIpc) is 2.16. The number of amides is 1. The minimum Gasteiger partial charge on any atom is -0.435 e. The first-order valence-corrected chi connectivity index (χ1v) is 4.85. The fraction of sp³-hybridized carbons (Fsp3) is 0.778. The van der Waals surface area contributed by atoms with Crippen molar-refractivity contribution in [1.29, 1.82) is 0 Å². The van der Waals surface area contributed by atoms with E-state index in [9.17, 15) is 9.59 Å². The van der Waals surface area contributed by atoms with Gasteiger partial charge in [-0.05, 0) is 26.2 Å². The molecule has 0 aromatic carbocycles. The van der Waals surface area contributed by atoms with Crippen molar-refractivity contribution in [3.63, 3.8) is 0 Å². The third kappa shape index (κ3) is 6.73. The number of primary amides is 1. The molecule has 88 valence electrons. The number of ether oxygens (including phenoxy) is 2. The van der Waals surface area contributed by atoms with Crippen LogP contribution in [0.1, 0.15) is 26.2 Å². The van der Waals surface area contributed by atoms with E-state index in [4.69, 9.17) is 10.8 Å². The van der Waals surface area contributed by atoms with E-state index in [1.807, 2.05) is 0 Å². The van der Waals surface area contributed by atoms with Gasteiger partial charge in [0.1, 0.15) is 0 Å². The predicted molar refractivity (Wildman–Crippen MR) is 52.0 cm³/mol. The van der Waals surface area contributed by atoms with Gasteiger partial charge in [-0.3, -0.25) is 4.79 Å². The number of unbranched alkanes of at least 4 members (excludes halogenated alkanes) is 1. The summed E-state index contributed by atoms with van der Waals surface area (Å²) in [6.45, 7) is 1.85. The van der Waals surface area contributed by atoms with Crippen LogP contribution in [0.2, 0.25) is 0 Å². The van der Waals surface area contributed by atoms with E-state index in [1.54, 1.807) is 6.92 Å². The van der Waals surface area contributed by atoms with Gasteiger partial charge >= 0.3 is 6.16 Å². The van der Waals surface area contributed by atoms with Crippen LogP contribution in [-0.4, -0.2) is 36.5 Å². The van der Waals surface area contributed by atoms with E-state index in [2.05, 4.69) is 9.47 Å². The molecule has 0 heterocycles. The summed E-state index contributed by atoms with van der Waals surface area (Å²) in [4.78, 5) is 21.7. The number of rotatable bonds is 7. The van der Waals surface area contributed by atoms with Gasteiger partial charge in [0.25, 0.3) is 5.91 Å². The Kier molecular flexibility index (Phi) is 7.35. The largest absolute Gasteiger partial charge is 0.509 e. The Morgan fingerprint density at radius 2 is 2.07 bits per heavy atom. The van der Waals surface area contributed by atoms with Crippen LogP contribution in [0.25, 0.3) is 0 Å². The summed E-state index contributed by atoms with van der Waals surface area (Å²) in [6.07, 6.45) is -0.477. The lowest BCUT2D eigenvalue weighted by molar-refractivity contribution is -0.128. The Hall–Kier alpha value is -1.30. The summed E-state index contributed by atoms with van der Waals surface area (Å²) in [7, 11) is 0. The third-order valence-electron chi connectivity index (χ3n) is 1.69. The third-order valence-corrected chi connectivity index (χ3v) is 1.69. The topological polar surface area (TPSA) is 98.8 Å². The molecule has 1 atom stereocenters. The van der Waals surface area contributed by atoms with Gasteiger partial charge in [-0.25, -0.2) is 4.79 Å². The zero-order valence-corrected chi connectivity index (χ0v) is 8.77. The van der Waals surface area contributed by atoms with Gasteiger partial charge in [-0.2, -0.15) is 0 Å². The second-order valence-corrected chi connectivity index (χ2v) is 2.91. The first kappa shape index (κ1) is 13.7. The molecular formula is C9H17NO5. The molecule has 0 aliphatic rings. The minimum atomic E-state index is -0.976. The average molecular weight is 219 g/mol. The fourth-order valence-corrected chi connectivity index (χ4v) is 0.969. The van der Waals surface area contributed by atoms with Gasteiger partial charge in [0.2, 0.25) is 0 Å². The summed E-state index contributed by atoms with van der Waals surface area (Å²) in [5.74, 6) is -0.707. The highest BCUT2D eigenvalue weighted by Gasteiger charge is 2.20. The van der Waals surface area contributed by atoms with Crippen LogP contribution < -0.4 is 5.73 Å². The van der Waals surface area contributed by atoms with Crippen LogP contribution >= 0.6 is 0 Å². The van der Waals surface area contributed by atoms with Crippen LogP contribution in [0, 0.1) is 0 Å². The van der Waals surface area contributed by atoms with Crippen molar-refractivity contribution in [2.45, 2.75) is 32.3 Å². The zero-order valence-electron chi connectivity index (χ0n) is 8.77. The maximum atomic E-state index is 10.9. The van der Waals surface area contributed by atoms with Crippen molar-refractivity contribution in [2.24, 2.45) is 5.73 Å². The van der Waals surface area contributed by atoms with Crippen LogP contribution in [-0.2, 0) is 14.3 Å². The summed E-state index contributed by atoms with van der Waals surface area (Å²) < 4.78 is 9.19. The van der Waals surface area contributed by atoms with Gasteiger partial charge in [-0.1, -0.05) is 0 Å². The second kappa shape index (κ2) is 8.05. The molecule has 0 radical (unpaired) electrons. The van der Waals surface area contributed by atoms with Crippen LogP contribution in [0.15, 0.2) is 0 Å². The first-order valence-electron chi connectivity index (χ1n) is 4.85. The molecule has 0 aliphatic heterocycles. The lowest BCUT2D eigenvalue weighted by Crippen LogP contribution is -2.33. The Labute approximate surface area is 88.3 Å². The zero-order chi connectivity index (χ0) is 11.7. The molecule has 3 N–H and O–H groups in total. The van der Waals surface area contributed by atoms with E-state index >= 15 is 0 Å². The molecule has 0 fully saturated rings. The van der Waals surface area contributed by atoms with Crippen molar-refractivity contribution < 1.29 is 24.2 Å². The Morgan fingerprint density at radius 3 is 2.53 bits per heavy atom. The summed E-state index contributed by atoms with van der Waals surface area (Å²) in [5, 5.41) is 8.54. The molecule has 0 saturated heterocycles. The highest BCUT2D eigenvalue weighted by atomic mass is 16.7. The lowest BCUT2D eigenvalue weighted by Gasteiger charge is -2.13. The predicted octanol–water partition coefficient (Wildman–Crippen LogP) is 0.176. The van der Waals surface area contributed by atoms with Crippen LogP contribution in [0.3, 0.4) is 0 Å². The molecule has 0 aromatic rings. The fourth-order valence-electron chi connectivity index (χ4n) is 0.969. The molecule has 0 saturated carbocycles. The van der Waals surface area contributed by atoms with E-state index in [0.717, 1.165) is 0 Å². The molecule has 15 heavy (non-hydrogen) atoms. The molecule has 0 bridgehead atoms. The smallest absolute Gasteiger partial charge is 0.435 e. The van der Waals surface area contributed by atoms with Crippen molar-refractivity contribution in [1.82, 2.24) is 0 Å². The molecule has 6 heteroatoms. The number of hydrogen-bond donors (Lipinski definition) is 2.